The van der Waals surface area contributed by atoms with Crippen molar-refractivity contribution in [1.29, 1.82) is 0 Å². The molecule has 0 atom stereocenters. The summed E-state index contributed by atoms with van der Waals surface area (Å²) >= 11 is 0. The number of aliphatic imine (C=N–C) groups is 1. The van der Waals surface area contributed by atoms with Gasteiger partial charge in [0.05, 0.1) is 10.6 Å². The zero-order valence-corrected chi connectivity index (χ0v) is 14.8. The van der Waals surface area contributed by atoms with Crippen LogP contribution >= 0.6 is 0 Å². The molecule has 1 aromatic heterocycles. The van der Waals surface area contributed by atoms with E-state index in [1.54, 1.807) is 19.2 Å². The Morgan fingerprint density at radius 2 is 2.12 bits per heavy atom. The van der Waals surface area contributed by atoms with Crippen LogP contribution in [0.15, 0.2) is 35.3 Å². The average molecular weight is 344 g/mol. The van der Waals surface area contributed by atoms with E-state index in [1.807, 2.05) is 24.6 Å². The van der Waals surface area contributed by atoms with Crippen molar-refractivity contribution in [2.75, 3.05) is 13.6 Å². The zero-order chi connectivity index (χ0) is 18.2. The molecule has 0 saturated carbocycles. The molecule has 0 radical (unpaired) electrons. The SMILES string of the molecule is CN=C(NCCCn1nc(C)cc1C)NCc1cccc([N+](=O)[O-])c1. The molecule has 2 N–H and O–H groups in total. The Morgan fingerprint density at radius 3 is 2.76 bits per heavy atom. The van der Waals surface area contributed by atoms with Crippen LogP contribution in [0.5, 0.6) is 0 Å². The first kappa shape index (κ1) is 18.4. The minimum absolute atomic E-state index is 0.0899. The van der Waals surface area contributed by atoms with Gasteiger partial charge in [0.1, 0.15) is 0 Å². The molecule has 8 heteroatoms. The number of aromatic nitrogens is 2. The number of benzene rings is 1. The number of nitro groups is 1. The molecule has 25 heavy (non-hydrogen) atoms. The van der Waals surface area contributed by atoms with E-state index in [0.717, 1.165) is 36.5 Å². The number of nitrogens with zero attached hydrogens (tertiary/aromatic N) is 4. The topological polar surface area (TPSA) is 97.4 Å². The van der Waals surface area contributed by atoms with Gasteiger partial charge < -0.3 is 10.6 Å². The van der Waals surface area contributed by atoms with E-state index in [4.69, 9.17) is 0 Å². The summed E-state index contributed by atoms with van der Waals surface area (Å²) in [7, 11) is 1.70. The first-order chi connectivity index (χ1) is 12.0. The standard InChI is InChI=1S/C17H24N6O2/c1-13-10-14(2)22(21-13)9-5-8-19-17(18-3)20-12-15-6-4-7-16(11-15)23(24)25/h4,6-7,10-11H,5,8-9,12H2,1-3H3,(H2,18,19,20). The number of aryl methyl sites for hydroxylation is 3. The van der Waals surface area contributed by atoms with E-state index >= 15 is 0 Å². The van der Waals surface area contributed by atoms with Crippen LogP contribution in [0.1, 0.15) is 23.4 Å². The van der Waals surface area contributed by atoms with Crippen molar-refractivity contribution in [3.63, 3.8) is 0 Å². The number of hydrogen-bond acceptors (Lipinski definition) is 4. The second kappa shape index (κ2) is 8.81. The van der Waals surface area contributed by atoms with E-state index in [0.29, 0.717) is 12.5 Å². The molecular formula is C17H24N6O2. The predicted molar refractivity (Wildman–Crippen MR) is 97.6 cm³/mol. The molecular weight excluding hydrogens is 320 g/mol. The first-order valence-electron chi connectivity index (χ1n) is 8.18. The highest BCUT2D eigenvalue weighted by molar-refractivity contribution is 5.79. The van der Waals surface area contributed by atoms with Crippen molar-refractivity contribution < 1.29 is 4.92 Å². The normalized spacial score (nSPS) is 11.4. The minimum Gasteiger partial charge on any atom is -0.356 e. The van der Waals surface area contributed by atoms with Crippen LogP contribution in [0.25, 0.3) is 0 Å². The Morgan fingerprint density at radius 1 is 1.32 bits per heavy atom. The minimum atomic E-state index is -0.393. The molecule has 134 valence electrons. The van der Waals surface area contributed by atoms with Crippen molar-refractivity contribution in [2.24, 2.45) is 4.99 Å². The molecule has 0 aliphatic heterocycles. The van der Waals surface area contributed by atoms with E-state index in [9.17, 15) is 10.1 Å². The quantitative estimate of drug-likeness (QED) is 0.264. The van der Waals surface area contributed by atoms with E-state index in [2.05, 4.69) is 26.8 Å². The van der Waals surface area contributed by atoms with Crippen LogP contribution in [0.3, 0.4) is 0 Å². The molecule has 0 unspecified atom stereocenters. The van der Waals surface area contributed by atoms with Gasteiger partial charge in [-0.2, -0.15) is 5.10 Å². The summed E-state index contributed by atoms with van der Waals surface area (Å²) in [5.41, 5.74) is 3.11. The number of nitrogens with one attached hydrogen (secondary N) is 2. The third-order valence-electron chi connectivity index (χ3n) is 3.75. The molecule has 0 aliphatic carbocycles. The van der Waals surface area contributed by atoms with Crippen LogP contribution in [0.2, 0.25) is 0 Å². The molecule has 8 nitrogen and oxygen atoms in total. The third kappa shape index (κ3) is 5.59. The molecule has 0 amide bonds. The van der Waals surface area contributed by atoms with Crippen molar-refractivity contribution in [3.05, 3.63) is 57.4 Å². The van der Waals surface area contributed by atoms with Gasteiger partial charge in [-0.1, -0.05) is 12.1 Å². The highest BCUT2D eigenvalue weighted by Crippen LogP contribution is 2.12. The zero-order valence-electron chi connectivity index (χ0n) is 14.8. The van der Waals surface area contributed by atoms with Crippen LogP contribution in [-0.2, 0) is 13.1 Å². The third-order valence-corrected chi connectivity index (χ3v) is 3.75. The fourth-order valence-electron chi connectivity index (χ4n) is 2.52. The van der Waals surface area contributed by atoms with Crippen molar-refractivity contribution >= 4 is 11.6 Å². The van der Waals surface area contributed by atoms with Gasteiger partial charge in [-0.15, -0.1) is 0 Å². The lowest BCUT2D eigenvalue weighted by atomic mass is 10.2. The Hall–Kier alpha value is -2.90. The van der Waals surface area contributed by atoms with Gasteiger partial charge in [-0.3, -0.25) is 19.8 Å². The number of hydrogen-bond donors (Lipinski definition) is 2. The molecule has 0 bridgehead atoms. The highest BCUT2D eigenvalue weighted by Gasteiger charge is 2.06. The Balaban J connectivity index is 1.76. The molecule has 0 spiro atoms. The molecule has 0 aliphatic rings. The van der Waals surface area contributed by atoms with E-state index < -0.39 is 4.92 Å². The van der Waals surface area contributed by atoms with Gasteiger partial charge >= 0.3 is 0 Å². The van der Waals surface area contributed by atoms with Crippen LogP contribution in [0, 0.1) is 24.0 Å². The first-order valence-corrected chi connectivity index (χ1v) is 8.18. The summed E-state index contributed by atoms with van der Waals surface area (Å²) in [5, 5.41) is 21.6. The maximum absolute atomic E-state index is 10.8. The number of non-ortho nitro benzene ring substituents is 1. The fraction of sp³-hybridized carbons (Fsp3) is 0.412. The van der Waals surface area contributed by atoms with Gasteiger partial charge in [-0.05, 0) is 31.9 Å². The lowest BCUT2D eigenvalue weighted by molar-refractivity contribution is -0.384. The monoisotopic (exact) mass is 344 g/mol. The second-order valence-corrected chi connectivity index (χ2v) is 5.78. The van der Waals surface area contributed by atoms with Gasteiger partial charge in [-0.25, -0.2) is 0 Å². The van der Waals surface area contributed by atoms with Crippen LogP contribution in [0.4, 0.5) is 5.69 Å². The number of rotatable bonds is 7. The summed E-state index contributed by atoms with van der Waals surface area (Å²) in [4.78, 5) is 14.6. The maximum atomic E-state index is 10.8. The second-order valence-electron chi connectivity index (χ2n) is 5.78. The smallest absolute Gasteiger partial charge is 0.269 e. The van der Waals surface area contributed by atoms with Gasteiger partial charge in [0.25, 0.3) is 5.69 Å². The summed E-state index contributed by atoms with van der Waals surface area (Å²) < 4.78 is 2.00. The van der Waals surface area contributed by atoms with Gasteiger partial charge in [0.15, 0.2) is 5.96 Å². The largest absolute Gasteiger partial charge is 0.356 e. The average Bonchev–Trinajstić information content (AvgIpc) is 2.92. The number of nitro benzene ring substituents is 1. The van der Waals surface area contributed by atoms with Crippen LogP contribution < -0.4 is 10.6 Å². The van der Waals surface area contributed by atoms with Gasteiger partial charge in [0, 0.05) is 44.5 Å². The lowest BCUT2D eigenvalue weighted by Gasteiger charge is -2.12. The molecule has 0 fully saturated rings. The predicted octanol–water partition coefficient (Wildman–Crippen LogP) is 2.16. The van der Waals surface area contributed by atoms with Crippen molar-refractivity contribution in [2.45, 2.75) is 33.4 Å². The van der Waals surface area contributed by atoms with Crippen LogP contribution in [-0.4, -0.2) is 34.3 Å². The molecule has 2 rings (SSSR count). The summed E-state index contributed by atoms with van der Waals surface area (Å²) in [6, 6.07) is 8.63. The number of guanidine groups is 1. The van der Waals surface area contributed by atoms with Gasteiger partial charge in [0.2, 0.25) is 0 Å². The fourth-order valence-corrected chi connectivity index (χ4v) is 2.52. The van der Waals surface area contributed by atoms with Crippen molar-refractivity contribution in [1.82, 2.24) is 20.4 Å². The maximum Gasteiger partial charge on any atom is 0.269 e. The van der Waals surface area contributed by atoms with E-state index in [-0.39, 0.29) is 5.69 Å². The summed E-state index contributed by atoms with van der Waals surface area (Å²) in [6.07, 6.45) is 0.916. The van der Waals surface area contributed by atoms with E-state index in [1.165, 1.54) is 6.07 Å². The molecule has 1 aromatic carbocycles. The molecule has 0 saturated heterocycles. The summed E-state index contributed by atoms with van der Waals surface area (Å²) in [6.45, 7) is 6.11. The highest BCUT2D eigenvalue weighted by atomic mass is 16.6. The molecule has 2 aromatic rings. The Labute approximate surface area is 147 Å². The van der Waals surface area contributed by atoms with Crippen molar-refractivity contribution in [3.8, 4) is 0 Å². The Kier molecular flexibility index (Phi) is 6.50. The Bertz CT molecular complexity index is 753. The lowest BCUT2D eigenvalue weighted by Crippen LogP contribution is -2.37. The summed E-state index contributed by atoms with van der Waals surface area (Å²) in [5.74, 6) is 0.667. The molecule has 1 heterocycles.